The maximum absolute atomic E-state index is 13.0. The van der Waals surface area contributed by atoms with Crippen LogP contribution in [0.2, 0.25) is 0 Å². The molecule has 0 saturated carbocycles. The van der Waals surface area contributed by atoms with E-state index in [9.17, 15) is 43.5 Å². The Morgan fingerprint density at radius 1 is 0.266 bits per heavy atom. The van der Waals surface area contributed by atoms with Crippen molar-refractivity contribution >= 4 is 33.6 Å². The predicted octanol–water partition coefficient (Wildman–Crippen LogP) is 25.8. The molecule has 0 bridgehead atoms. The second kappa shape index (κ2) is 82.6. The van der Waals surface area contributed by atoms with Gasteiger partial charge in [-0.15, -0.1) is 0 Å². The Balaban J connectivity index is 4.55. The molecule has 16 nitrogen and oxygen atoms in total. The minimum Gasteiger partial charge on any atom is -0.463 e. The fraction of sp³-hybridized carbons (Fsp3) is 0.681. The zero-order valence-electron chi connectivity index (χ0n) is 68.4. The fourth-order valence-corrected chi connectivity index (χ4v) is 12.9. The van der Waals surface area contributed by atoms with Crippen molar-refractivity contribution < 1.29 is 75.8 Å². The summed E-state index contributed by atoms with van der Waals surface area (Å²) in [7, 11) is -9.80. The molecular formula is C91H154O16P2. The molecule has 5 atom stereocenters. The van der Waals surface area contributed by atoms with Gasteiger partial charge in [-0.05, 0) is 148 Å². The summed E-state index contributed by atoms with van der Waals surface area (Å²) < 4.78 is 61.3. The number of rotatable bonds is 80. The molecule has 0 spiro atoms. The highest BCUT2D eigenvalue weighted by Gasteiger charge is 2.29. The Kier molecular flexibility index (Phi) is 79.0. The van der Waals surface area contributed by atoms with E-state index >= 15 is 0 Å². The second-order valence-electron chi connectivity index (χ2n) is 28.2. The van der Waals surface area contributed by atoms with Crippen molar-refractivity contribution in [3.05, 3.63) is 158 Å². The lowest BCUT2D eigenvalue weighted by Crippen LogP contribution is -2.30. The molecule has 5 unspecified atom stereocenters. The van der Waals surface area contributed by atoms with Crippen LogP contribution in [0.1, 0.15) is 342 Å². The minimum absolute atomic E-state index is 0.0911. The SMILES string of the molecule is CC/C=C\C/C=C\C/C=C\C/C=C\C/C=C\C/C=C\CCCCCCCCCCCCC(=O)OCC(O)COP(=O)(O)OCC(O)COP(=O)(O)OCC(COC(=O)CCCCCCCCCCCC/C=C\C/C=C\C/C=C\C/C=C\C/C=C\C/C=C\CC)OC(=O)CCCCCCC/C=C\CCCCCCCC. The van der Waals surface area contributed by atoms with Crippen LogP contribution in [0.15, 0.2) is 158 Å². The van der Waals surface area contributed by atoms with Crippen LogP contribution in [0.4, 0.5) is 0 Å². The Morgan fingerprint density at radius 3 is 0.780 bits per heavy atom. The normalized spacial score (nSPS) is 14.7. The van der Waals surface area contributed by atoms with E-state index in [4.69, 9.17) is 32.3 Å². The predicted molar refractivity (Wildman–Crippen MR) is 454 cm³/mol. The summed E-state index contributed by atoms with van der Waals surface area (Å²) in [5, 5.41) is 20.7. The maximum Gasteiger partial charge on any atom is 0.472 e. The van der Waals surface area contributed by atoms with E-state index in [-0.39, 0.29) is 19.3 Å². The summed E-state index contributed by atoms with van der Waals surface area (Å²) in [6, 6.07) is 0. The van der Waals surface area contributed by atoms with Gasteiger partial charge in [-0.3, -0.25) is 32.5 Å². The first-order chi connectivity index (χ1) is 53.2. The smallest absolute Gasteiger partial charge is 0.463 e. The largest absolute Gasteiger partial charge is 0.472 e. The Hall–Kier alpha value is -4.83. The zero-order valence-corrected chi connectivity index (χ0v) is 70.2. The Morgan fingerprint density at radius 2 is 0.486 bits per heavy atom. The average molecular weight is 1570 g/mol. The third-order valence-electron chi connectivity index (χ3n) is 17.7. The molecule has 0 aromatic heterocycles. The van der Waals surface area contributed by atoms with Gasteiger partial charge < -0.3 is 34.2 Å². The highest BCUT2D eigenvalue weighted by Crippen LogP contribution is 2.45. The molecule has 0 aliphatic carbocycles. The highest BCUT2D eigenvalue weighted by molar-refractivity contribution is 7.47. The number of aliphatic hydroxyl groups excluding tert-OH is 2. The number of carbonyl (C=O) groups excluding carboxylic acids is 3. The molecule has 18 heteroatoms. The molecule has 109 heavy (non-hydrogen) atoms. The van der Waals surface area contributed by atoms with Crippen molar-refractivity contribution in [2.45, 2.75) is 360 Å². The van der Waals surface area contributed by atoms with E-state index in [1.54, 1.807) is 0 Å². The van der Waals surface area contributed by atoms with Gasteiger partial charge >= 0.3 is 33.6 Å². The van der Waals surface area contributed by atoms with Gasteiger partial charge in [0.05, 0.1) is 26.4 Å². The van der Waals surface area contributed by atoms with Crippen molar-refractivity contribution in [1.29, 1.82) is 0 Å². The monoisotopic (exact) mass is 1570 g/mol. The summed E-state index contributed by atoms with van der Waals surface area (Å²) in [5.41, 5.74) is 0. The van der Waals surface area contributed by atoms with Gasteiger partial charge in [0.25, 0.3) is 0 Å². The summed E-state index contributed by atoms with van der Waals surface area (Å²) in [4.78, 5) is 58.8. The summed E-state index contributed by atoms with van der Waals surface area (Å²) in [6.07, 6.45) is 104. The van der Waals surface area contributed by atoms with Gasteiger partial charge in [0, 0.05) is 19.3 Å². The van der Waals surface area contributed by atoms with Crippen molar-refractivity contribution in [2.75, 3.05) is 39.6 Å². The number of ether oxygens (including phenoxy) is 3. The van der Waals surface area contributed by atoms with Crippen LogP contribution in [-0.4, -0.2) is 95.9 Å². The van der Waals surface area contributed by atoms with Gasteiger partial charge in [0.2, 0.25) is 0 Å². The number of hydrogen-bond acceptors (Lipinski definition) is 14. The summed E-state index contributed by atoms with van der Waals surface area (Å²) in [6.45, 7) is 2.45. The first-order valence-corrected chi connectivity index (χ1v) is 45.8. The van der Waals surface area contributed by atoms with Gasteiger partial charge in [-0.2, -0.15) is 0 Å². The topological polar surface area (TPSA) is 231 Å². The van der Waals surface area contributed by atoms with Crippen LogP contribution in [0.5, 0.6) is 0 Å². The fourth-order valence-electron chi connectivity index (χ4n) is 11.3. The van der Waals surface area contributed by atoms with Crippen molar-refractivity contribution in [3.8, 4) is 0 Å². The minimum atomic E-state index is -4.94. The van der Waals surface area contributed by atoms with E-state index in [0.29, 0.717) is 19.3 Å². The molecule has 0 amide bonds. The van der Waals surface area contributed by atoms with E-state index in [1.165, 1.54) is 103 Å². The van der Waals surface area contributed by atoms with Crippen LogP contribution >= 0.6 is 15.6 Å². The molecule has 0 rings (SSSR count). The summed E-state index contributed by atoms with van der Waals surface area (Å²) >= 11 is 0. The van der Waals surface area contributed by atoms with Crippen LogP contribution in [0.3, 0.4) is 0 Å². The van der Waals surface area contributed by atoms with Crippen LogP contribution in [-0.2, 0) is 55.8 Å². The van der Waals surface area contributed by atoms with Crippen molar-refractivity contribution in [3.63, 3.8) is 0 Å². The molecular weight excluding hydrogens is 1410 g/mol. The molecule has 624 valence electrons. The zero-order chi connectivity index (χ0) is 79.4. The number of phosphoric acid groups is 2. The van der Waals surface area contributed by atoms with Gasteiger partial charge in [0.15, 0.2) is 6.10 Å². The molecule has 0 aliphatic heterocycles. The number of carbonyl (C=O) groups is 3. The molecule has 0 aromatic carbocycles. The van der Waals surface area contributed by atoms with Gasteiger partial charge in [-0.25, -0.2) is 9.13 Å². The molecule has 0 aromatic rings. The molecule has 0 fully saturated rings. The average Bonchev–Trinajstić information content (AvgIpc) is 0.903. The number of esters is 3. The van der Waals surface area contributed by atoms with E-state index in [2.05, 4.69) is 179 Å². The Bertz CT molecular complexity index is 2610. The van der Waals surface area contributed by atoms with E-state index in [1.807, 2.05) is 0 Å². The third kappa shape index (κ3) is 83.9. The van der Waals surface area contributed by atoms with Gasteiger partial charge in [-0.1, -0.05) is 333 Å². The van der Waals surface area contributed by atoms with Crippen LogP contribution < -0.4 is 0 Å². The van der Waals surface area contributed by atoms with Crippen LogP contribution in [0, 0.1) is 0 Å². The van der Waals surface area contributed by atoms with E-state index < -0.39 is 91.5 Å². The molecule has 0 radical (unpaired) electrons. The lowest BCUT2D eigenvalue weighted by atomic mass is 10.1. The quantitative estimate of drug-likeness (QED) is 0.0146. The third-order valence-corrected chi connectivity index (χ3v) is 19.6. The lowest BCUT2D eigenvalue weighted by Gasteiger charge is -2.21. The second-order valence-corrected chi connectivity index (χ2v) is 31.1. The molecule has 0 heterocycles. The number of hydrogen-bond donors (Lipinski definition) is 4. The van der Waals surface area contributed by atoms with Crippen molar-refractivity contribution in [1.82, 2.24) is 0 Å². The highest BCUT2D eigenvalue weighted by atomic mass is 31.2. The molecule has 4 N–H and O–H groups in total. The standard InChI is InChI=1S/C91H154O16P2/c1-4-7-10-13-16-19-22-25-28-30-32-34-36-38-40-42-44-46-48-50-52-54-57-59-62-65-68-71-74-77-89(94)101-80-86(92)81-103-108(97,98)104-82-87(93)83-105-109(99,100)106-85-88(107-91(96)79-76-73-70-67-64-61-56-27-24-21-18-15-12-9-6-3)84-102-90(95)78-75-72-69-66-63-60-58-55-53-51-49-47-45-43-41-39-37-35-33-31-29-26-23-20-17-14-11-8-5-2/h7-8,10-11,16-17,19-20,25-29,32-35,38-41,44-47,56,86-88,92-93H,4-6,9,12-15,18,21-24,30-31,36-37,42-43,48-55,57-85H2,1-3H3,(H,97,98)(H,99,100)/b10-7-,11-8-,19-16-,20-17-,28-25-,29-26-,34-32-,35-33-,40-38-,41-39-,46-44-,47-45-,56-27-. The van der Waals surface area contributed by atoms with E-state index in [0.717, 1.165) is 180 Å². The number of aliphatic hydroxyl groups is 2. The Labute approximate surface area is 663 Å². The first-order valence-electron chi connectivity index (χ1n) is 42.8. The molecule has 0 aliphatic rings. The number of allylic oxidation sites excluding steroid dienone is 26. The summed E-state index contributed by atoms with van der Waals surface area (Å²) in [5.74, 6) is -1.59. The molecule has 0 saturated heterocycles. The lowest BCUT2D eigenvalue weighted by molar-refractivity contribution is -0.161. The first kappa shape index (κ1) is 104. The van der Waals surface area contributed by atoms with Gasteiger partial charge in [0.1, 0.15) is 25.4 Å². The number of unbranched alkanes of at least 4 members (excludes halogenated alkanes) is 31. The number of phosphoric ester groups is 2. The van der Waals surface area contributed by atoms with Crippen LogP contribution in [0.25, 0.3) is 0 Å². The maximum atomic E-state index is 13.0. The van der Waals surface area contributed by atoms with Crippen molar-refractivity contribution in [2.24, 2.45) is 0 Å².